The number of hydrogen-bond acceptors (Lipinski definition) is 6. The molecule has 2 aliphatic heterocycles. The van der Waals surface area contributed by atoms with Gasteiger partial charge in [0.15, 0.2) is 0 Å². The van der Waals surface area contributed by atoms with Gasteiger partial charge in [-0.2, -0.15) is 0 Å². The van der Waals surface area contributed by atoms with Crippen molar-refractivity contribution in [3.8, 4) is 0 Å². The molecular weight excluding hydrogens is 226 g/mol. The van der Waals surface area contributed by atoms with Gasteiger partial charge >= 0.3 is 6.01 Å². The summed E-state index contributed by atoms with van der Waals surface area (Å²) in [6.07, 6.45) is 1.14. The predicted molar refractivity (Wildman–Crippen MR) is 55.2 cm³/mol. The summed E-state index contributed by atoms with van der Waals surface area (Å²) in [7, 11) is 0. The summed E-state index contributed by atoms with van der Waals surface area (Å²) < 4.78 is 10.8. The zero-order valence-electron chi connectivity index (χ0n) is 9.20. The predicted octanol–water partition coefficient (Wildman–Crippen LogP) is 0.0187. The van der Waals surface area contributed by atoms with E-state index in [1.807, 2.05) is 0 Å². The minimum atomic E-state index is -0.652. The Kier molecular flexibility index (Phi) is 2.56. The Morgan fingerprint density at radius 3 is 2.94 bits per heavy atom. The number of carbonyl (C=O) groups is 1. The van der Waals surface area contributed by atoms with E-state index in [-0.39, 0.29) is 31.0 Å². The molecule has 2 aliphatic rings. The van der Waals surface area contributed by atoms with Crippen LogP contribution in [0.3, 0.4) is 0 Å². The first-order valence-corrected chi connectivity index (χ1v) is 5.67. The molecule has 0 aromatic carbocycles. The summed E-state index contributed by atoms with van der Waals surface area (Å²) in [5.41, 5.74) is 0. The lowest BCUT2D eigenvalue weighted by atomic mass is 10.2. The van der Waals surface area contributed by atoms with E-state index in [0.29, 0.717) is 12.5 Å². The molecule has 0 aliphatic carbocycles. The first kappa shape index (κ1) is 10.7. The summed E-state index contributed by atoms with van der Waals surface area (Å²) >= 11 is 0. The molecule has 3 heterocycles. The highest BCUT2D eigenvalue weighted by Gasteiger charge is 2.33. The van der Waals surface area contributed by atoms with Gasteiger partial charge in [0, 0.05) is 6.61 Å². The Morgan fingerprint density at radius 2 is 2.29 bits per heavy atom. The number of hydrogen-bond donors (Lipinski definition) is 1. The summed E-state index contributed by atoms with van der Waals surface area (Å²) in [6, 6.07) is 0.150. The summed E-state index contributed by atoms with van der Waals surface area (Å²) in [5, 5.41) is 17.1. The number of aliphatic hydroxyl groups is 1. The van der Waals surface area contributed by atoms with E-state index in [4.69, 9.17) is 9.15 Å². The molecule has 0 bridgehead atoms. The molecule has 17 heavy (non-hydrogen) atoms. The van der Waals surface area contributed by atoms with Gasteiger partial charge in [-0.05, 0) is 12.8 Å². The van der Waals surface area contributed by atoms with Gasteiger partial charge in [0.05, 0.1) is 19.1 Å². The largest absolute Gasteiger partial charge is 0.405 e. The van der Waals surface area contributed by atoms with E-state index in [1.54, 1.807) is 0 Å². The molecule has 92 valence electrons. The van der Waals surface area contributed by atoms with E-state index >= 15 is 0 Å². The standard InChI is InChI=1S/C10H13N3O4/c14-6-4-8(15)13(5-6)10-12-11-9(17-10)7-2-1-3-16-7/h6-7,14H,1-5H2. The maximum absolute atomic E-state index is 11.5. The van der Waals surface area contributed by atoms with E-state index in [1.165, 1.54) is 4.90 Å². The third-order valence-corrected chi connectivity index (χ3v) is 2.97. The van der Waals surface area contributed by atoms with Crippen LogP contribution >= 0.6 is 0 Å². The SMILES string of the molecule is O=C1CC(O)CN1c1nnc(C2CCCO2)o1. The van der Waals surface area contributed by atoms with Crippen LogP contribution in [0.4, 0.5) is 6.01 Å². The highest BCUT2D eigenvalue weighted by Crippen LogP contribution is 2.29. The van der Waals surface area contributed by atoms with Gasteiger partial charge in [-0.15, -0.1) is 5.10 Å². The Hall–Kier alpha value is -1.47. The molecule has 2 fully saturated rings. The van der Waals surface area contributed by atoms with Gasteiger partial charge in [-0.3, -0.25) is 9.69 Å². The number of amides is 1. The van der Waals surface area contributed by atoms with Crippen LogP contribution in [0.2, 0.25) is 0 Å². The number of nitrogens with zero attached hydrogens (tertiary/aromatic N) is 3. The van der Waals surface area contributed by atoms with Crippen molar-refractivity contribution in [2.75, 3.05) is 18.1 Å². The van der Waals surface area contributed by atoms with Gasteiger partial charge < -0.3 is 14.3 Å². The molecule has 0 radical (unpaired) electrons. The monoisotopic (exact) mass is 239 g/mol. The van der Waals surface area contributed by atoms with Crippen molar-refractivity contribution in [2.45, 2.75) is 31.5 Å². The molecule has 0 spiro atoms. The number of carbonyl (C=O) groups excluding carboxylic acids is 1. The van der Waals surface area contributed by atoms with Crippen LogP contribution in [0.15, 0.2) is 4.42 Å². The number of rotatable bonds is 2. The minimum Gasteiger partial charge on any atom is -0.405 e. The Bertz CT molecular complexity index is 427. The maximum Gasteiger partial charge on any atom is 0.325 e. The van der Waals surface area contributed by atoms with E-state index in [9.17, 15) is 9.90 Å². The maximum atomic E-state index is 11.5. The van der Waals surface area contributed by atoms with Gasteiger partial charge in [0.2, 0.25) is 11.8 Å². The fourth-order valence-corrected chi connectivity index (χ4v) is 2.11. The zero-order valence-corrected chi connectivity index (χ0v) is 9.20. The molecular formula is C10H13N3O4. The lowest BCUT2D eigenvalue weighted by molar-refractivity contribution is -0.117. The smallest absolute Gasteiger partial charge is 0.325 e. The molecule has 3 rings (SSSR count). The average molecular weight is 239 g/mol. The molecule has 2 saturated heterocycles. The van der Waals surface area contributed by atoms with Crippen molar-refractivity contribution in [3.63, 3.8) is 0 Å². The first-order valence-electron chi connectivity index (χ1n) is 5.67. The van der Waals surface area contributed by atoms with E-state index in [0.717, 1.165) is 12.8 Å². The molecule has 2 unspecified atom stereocenters. The molecule has 7 heteroatoms. The topological polar surface area (TPSA) is 88.7 Å². The van der Waals surface area contributed by atoms with Gasteiger partial charge in [-0.25, -0.2) is 0 Å². The van der Waals surface area contributed by atoms with Crippen LogP contribution in [0.25, 0.3) is 0 Å². The van der Waals surface area contributed by atoms with Gasteiger partial charge in [-0.1, -0.05) is 5.10 Å². The highest BCUT2D eigenvalue weighted by molar-refractivity contribution is 5.93. The lowest BCUT2D eigenvalue weighted by Crippen LogP contribution is -2.25. The number of ether oxygens (including phenoxy) is 1. The van der Waals surface area contributed by atoms with Crippen LogP contribution < -0.4 is 4.90 Å². The van der Waals surface area contributed by atoms with Crippen molar-refractivity contribution in [1.82, 2.24) is 10.2 Å². The third-order valence-electron chi connectivity index (χ3n) is 2.97. The van der Waals surface area contributed by atoms with Gasteiger partial charge in [0.25, 0.3) is 0 Å². The van der Waals surface area contributed by atoms with Crippen molar-refractivity contribution < 1.29 is 19.1 Å². The molecule has 2 atom stereocenters. The van der Waals surface area contributed by atoms with Crippen molar-refractivity contribution >= 4 is 11.9 Å². The molecule has 0 saturated carbocycles. The van der Waals surface area contributed by atoms with Crippen molar-refractivity contribution in [3.05, 3.63) is 5.89 Å². The fraction of sp³-hybridized carbons (Fsp3) is 0.700. The minimum absolute atomic E-state index is 0.109. The van der Waals surface area contributed by atoms with Crippen LogP contribution in [-0.4, -0.2) is 40.5 Å². The molecule has 7 nitrogen and oxygen atoms in total. The normalized spacial score (nSPS) is 29.2. The van der Waals surface area contributed by atoms with Crippen LogP contribution in [-0.2, 0) is 9.53 Å². The number of aromatic nitrogens is 2. The molecule has 1 amide bonds. The Morgan fingerprint density at radius 1 is 1.41 bits per heavy atom. The van der Waals surface area contributed by atoms with Gasteiger partial charge in [0.1, 0.15) is 6.10 Å². The van der Waals surface area contributed by atoms with Crippen LogP contribution in [0.1, 0.15) is 31.3 Å². The molecule has 1 aromatic rings. The summed E-state index contributed by atoms with van der Waals surface area (Å²) in [4.78, 5) is 12.8. The van der Waals surface area contributed by atoms with E-state index < -0.39 is 6.10 Å². The van der Waals surface area contributed by atoms with Crippen LogP contribution in [0.5, 0.6) is 0 Å². The average Bonchev–Trinajstić information content (AvgIpc) is 2.97. The summed E-state index contributed by atoms with van der Waals surface area (Å²) in [5.74, 6) is 0.215. The second kappa shape index (κ2) is 4.08. The Labute approximate surface area is 97.4 Å². The van der Waals surface area contributed by atoms with E-state index in [2.05, 4.69) is 10.2 Å². The quantitative estimate of drug-likeness (QED) is 0.782. The lowest BCUT2D eigenvalue weighted by Gasteiger charge is -2.09. The second-order valence-corrected chi connectivity index (χ2v) is 4.29. The molecule has 1 aromatic heterocycles. The number of aliphatic hydroxyl groups excluding tert-OH is 1. The number of anilines is 1. The van der Waals surface area contributed by atoms with Crippen LogP contribution in [0, 0.1) is 0 Å². The second-order valence-electron chi connectivity index (χ2n) is 4.29. The first-order chi connectivity index (χ1) is 8.24. The molecule has 1 N–H and O–H groups in total. The fourth-order valence-electron chi connectivity index (χ4n) is 2.11. The third kappa shape index (κ3) is 1.91. The zero-order chi connectivity index (χ0) is 11.8. The summed E-state index contributed by atoms with van der Waals surface area (Å²) in [6.45, 7) is 0.912. The van der Waals surface area contributed by atoms with Crippen molar-refractivity contribution in [2.24, 2.45) is 0 Å². The Balaban J connectivity index is 1.78. The number of β-amino-alcohol motifs (C(OH)–C–C–N with tert-alkyl or cyclic N) is 1. The highest BCUT2D eigenvalue weighted by atomic mass is 16.5. The van der Waals surface area contributed by atoms with Crippen molar-refractivity contribution in [1.29, 1.82) is 0 Å².